The summed E-state index contributed by atoms with van der Waals surface area (Å²) in [5.41, 5.74) is 2.20. The number of nitrogens with one attached hydrogen (secondary N) is 2. The summed E-state index contributed by atoms with van der Waals surface area (Å²) in [6.45, 7) is 4.06. The Hall–Kier alpha value is -2.24. The summed E-state index contributed by atoms with van der Waals surface area (Å²) in [4.78, 5) is 14.1. The van der Waals surface area contributed by atoms with Crippen molar-refractivity contribution >= 4 is 24.1 Å². The molecule has 1 aliphatic rings. The van der Waals surface area contributed by atoms with Gasteiger partial charge in [0.1, 0.15) is 5.75 Å². The van der Waals surface area contributed by atoms with Gasteiger partial charge >= 0.3 is 6.03 Å². The van der Waals surface area contributed by atoms with Gasteiger partial charge in [0, 0.05) is 31.9 Å². The molecule has 0 atom stereocenters. The highest BCUT2D eigenvalue weighted by Gasteiger charge is 2.15. The van der Waals surface area contributed by atoms with Crippen LogP contribution in [0.2, 0.25) is 0 Å². The van der Waals surface area contributed by atoms with E-state index in [1.54, 1.807) is 0 Å². The third-order valence-electron chi connectivity index (χ3n) is 5.23. The van der Waals surface area contributed by atoms with Crippen molar-refractivity contribution < 1.29 is 9.53 Å². The van der Waals surface area contributed by atoms with Gasteiger partial charge in [-0.05, 0) is 49.1 Å². The number of hydrogen-bond acceptors (Lipinski definition) is 3. The minimum absolute atomic E-state index is 0. The molecule has 2 aromatic carbocycles. The van der Waals surface area contributed by atoms with Crippen LogP contribution in [0.4, 0.5) is 10.5 Å². The standard InChI is InChI=1S/C24H33N3O2.ClH/c28-24(27-18-16-25-17-19-27)26-22-14-12-21(13-15-22)9-5-2-1-3-8-20-29-23-10-6-4-7-11-23;/h4,6-7,10-15,25H,1-3,5,8-9,16-20H2,(H,26,28);1H. The number of halogens is 1. The average Bonchev–Trinajstić information content (AvgIpc) is 2.78. The fraction of sp³-hybridized carbons (Fsp3) is 0.458. The van der Waals surface area contributed by atoms with Gasteiger partial charge in [0.05, 0.1) is 6.61 Å². The van der Waals surface area contributed by atoms with E-state index in [2.05, 4.69) is 22.8 Å². The van der Waals surface area contributed by atoms with E-state index in [9.17, 15) is 4.79 Å². The summed E-state index contributed by atoms with van der Waals surface area (Å²) in [7, 11) is 0. The topological polar surface area (TPSA) is 53.6 Å². The van der Waals surface area contributed by atoms with Crippen molar-refractivity contribution in [1.29, 1.82) is 0 Å². The van der Waals surface area contributed by atoms with E-state index in [-0.39, 0.29) is 18.4 Å². The molecular formula is C24H34ClN3O2. The van der Waals surface area contributed by atoms with Crippen LogP contribution in [0.5, 0.6) is 5.75 Å². The zero-order valence-electron chi connectivity index (χ0n) is 17.6. The number of unbranched alkanes of at least 4 members (excludes halogenated alkanes) is 4. The fourth-order valence-electron chi connectivity index (χ4n) is 3.49. The molecule has 0 aromatic heterocycles. The monoisotopic (exact) mass is 431 g/mol. The van der Waals surface area contributed by atoms with Crippen LogP contribution < -0.4 is 15.4 Å². The van der Waals surface area contributed by atoms with Crippen LogP contribution >= 0.6 is 12.4 Å². The number of anilines is 1. The summed E-state index contributed by atoms with van der Waals surface area (Å²) in [6.07, 6.45) is 7.10. The number of carbonyl (C=O) groups is 1. The Bertz CT molecular complexity index is 719. The lowest BCUT2D eigenvalue weighted by molar-refractivity contribution is 0.204. The number of amides is 2. The summed E-state index contributed by atoms with van der Waals surface area (Å²) in [6, 6.07) is 18.3. The van der Waals surface area contributed by atoms with Crippen molar-refractivity contribution in [2.24, 2.45) is 0 Å². The van der Waals surface area contributed by atoms with Crippen molar-refractivity contribution in [3.05, 3.63) is 60.2 Å². The normalized spacial score (nSPS) is 13.4. The van der Waals surface area contributed by atoms with E-state index in [1.807, 2.05) is 47.4 Å². The molecule has 0 saturated carbocycles. The van der Waals surface area contributed by atoms with Gasteiger partial charge in [0.15, 0.2) is 0 Å². The maximum atomic E-state index is 12.2. The average molecular weight is 432 g/mol. The zero-order valence-corrected chi connectivity index (χ0v) is 18.5. The summed E-state index contributed by atoms with van der Waals surface area (Å²) in [5, 5.41) is 6.25. The molecule has 1 heterocycles. The largest absolute Gasteiger partial charge is 0.494 e. The third-order valence-corrected chi connectivity index (χ3v) is 5.23. The first-order chi connectivity index (χ1) is 14.3. The number of benzene rings is 2. The second kappa shape index (κ2) is 13.9. The molecule has 2 amide bonds. The van der Waals surface area contributed by atoms with Gasteiger partial charge in [0.2, 0.25) is 0 Å². The maximum Gasteiger partial charge on any atom is 0.321 e. The number of para-hydroxylation sites is 1. The molecule has 30 heavy (non-hydrogen) atoms. The lowest BCUT2D eigenvalue weighted by Crippen LogP contribution is -2.48. The van der Waals surface area contributed by atoms with Crippen molar-refractivity contribution in [2.75, 3.05) is 38.1 Å². The number of carbonyl (C=O) groups excluding carboxylic acids is 1. The molecule has 2 aromatic rings. The predicted molar refractivity (Wildman–Crippen MR) is 126 cm³/mol. The second-order valence-corrected chi connectivity index (χ2v) is 7.54. The summed E-state index contributed by atoms with van der Waals surface area (Å²) in [5.74, 6) is 0.958. The Balaban J connectivity index is 0.00000320. The van der Waals surface area contributed by atoms with E-state index in [1.165, 1.54) is 31.2 Å². The van der Waals surface area contributed by atoms with Crippen LogP contribution in [0, 0.1) is 0 Å². The summed E-state index contributed by atoms with van der Waals surface area (Å²) >= 11 is 0. The number of rotatable bonds is 10. The van der Waals surface area contributed by atoms with Crippen LogP contribution in [-0.2, 0) is 6.42 Å². The third kappa shape index (κ3) is 8.64. The molecule has 164 valence electrons. The molecule has 6 heteroatoms. The lowest BCUT2D eigenvalue weighted by atomic mass is 10.1. The van der Waals surface area contributed by atoms with E-state index < -0.39 is 0 Å². The first-order valence-corrected chi connectivity index (χ1v) is 10.8. The number of nitrogens with zero attached hydrogens (tertiary/aromatic N) is 1. The second-order valence-electron chi connectivity index (χ2n) is 7.54. The smallest absolute Gasteiger partial charge is 0.321 e. The van der Waals surface area contributed by atoms with Gasteiger partial charge in [-0.2, -0.15) is 0 Å². The van der Waals surface area contributed by atoms with Crippen molar-refractivity contribution in [2.45, 2.75) is 38.5 Å². The molecule has 3 rings (SSSR count). The maximum absolute atomic E-state index is 12.2. The molecular weight excluding hydrogens is 398 g/mol. The van der Waals surface area contributed by atoms with E-state index in [4.69, 9.17) is 4.74 Å². The molecule has 0 radical (unpaired) electrons. The van der Waals surface area contributed by atoms with Crippen molar-refractivity contribution in [1.82, 2.24) is 10.2 Å². The fourth-order valence-corrected chi connectivity index (χ4v) is 3.49. The highest BCUT2D eigenvalue weighted by atomic mass is 35.5. The van der Waals surface area contributed by atoms with Gasteiger partial charge < -0.3 is 20.3 Å². The van der Waals surface area contributed by atoms with Crippen LogP contribution in [-0.4, -0.2) is 43.7 Å². The Labute approximate surface area is 186 Å². The SMILES string of the molecule is Cl.O=C(Nc1ccc(CCCCCCCOc2ccccc2)cc1)N1CCNCC1. The quantitative estimate of drug-likeness (QED) is 0.513. The summed E-state index contributed by atoms with van der Waals surface area (Å²) < 4.78 is 5.72. The Morgan fingerprint density at radius 3 is 2.30 bits per heavy atom. The van der Waals surface area contributed by atoms with Gasteiger partial charge in [-0.25, -0.2) is 4.79 Å². The first kappa shape index (κ1) is 24.0. The highest BCUT2D eigenvalue weighted by molar-refractivity contribution is 5.89. The van der Waals surface area contributed by atoms with Crippen LogP contribution in [0.1, 0.15) is 37.7 Å². The minimum Gasteiger partial charge on any atom is -0.494 e. The number of aryl methyl sites for hydroxylation is 1. The first-order valence-electron chi connectivity index (χ1n) is 10.8. The van der Waals surface area contributed by atoms with Gasteiger partial charge in [-0.15, -0.1) is 12.4 Å². The van der Waals surface area contributed by atoms with Crippen LogP contribution in [0.3, 0.4) is 0 Å². The van der Waals surface area contributed by atoms with Gasteiger partial charge in [0.25, 0.3) is 0 Å². The molecule has 0 bridgehead atoms. The molecule has 1 saturated heterocycles. The van der Waals surface area contributed by atoms with Crippen molar-refractivity contribution in [3.63, 3.8) is 0 Å². The number of piperazine rings is 1. The number of ether oxygens (including phenoxy) is 1. The van der Waals surface area contributed by atoms with E-state index >= 15 is 0 Å². The Morgan fingerprint density at radius 1 is 0.900 bits per heavy atom. The van der Waals surface area contributed by atoms with Gasteiger partial charge in [-0.3, -0.25) is 0 Å². The number of hydrogen-bond donors (Lipinski definition) is 2. The predicted octanol–water partition coefficient (Wildman–Crippen LogP) is 5.12. The molecule has 1 fully saturated rings. The molecule has 0 spiro atoms. The Morgan fingerprint density at radius 2 is 1.57 bits per heavy atom. The van der Waals surface area contributed by atoms with E-state index in [0.717, 1.165) is 57.1 Å². The Kier molecular flexibility index (Phi) is 11.1. The molecule has 0 aliphatic carbocycles. The molecule has 5 nitrogen and oxygen atoms in total. The lowest BCUT2D eigenvalue weighted by Gasteiger charge is -2.27. The molecule has 0 unspecified atom stereocenters. The van der Waals surface area contributed by atoms with E-state index in [0.29, 0.717) is 0 Å². The minimum atomic E-state index is -0.00417. The molecule has 2 N–H and O–H groups in total. The number of urea groups is 1. The molecule has 1 aliphatic heterocycles. The zero-order chi connectivity index (χ0) is 20.2. The van der Waals surface area contributed by atoms with Crippen LogP contribution in [0.25, 0.3) is 0 Å². The van der Waals surface area contributed by atoms with Crippen LogP contribution in [0.15, 0.2) is 54.6 Å². The van der Waals surface area contributed by atoms with Gasteiger partial charge in [-0.1, -0.05) is 49.6 Å². The highest BCUT2D eigenvalue weighted by Crippen LogP contribution is 2.14. The van der Waals surface area contributed by atoms with Crippen molar-refractivity contribution in [3.8, 4) is 5.75 Å².